The minimum absolute atomic E-state index is 0.171. The van der Waals surface area contributed by atoms with Crippen LogP contribution in [0.3, 0.4) is 0 Å². The van der Waals surface area contributed by atoms with Crippen LogP contribution in [0.5, 0.6) is 0 Å². The number of aliphatic carboxylic acids is 2. The predicted octanol–water partition coefficient (Wildman–Crippen LogP) is -0.451. The predicted molar refractivity (Wildman–Crippen MR) is 125 cm³/mol. The second-order valence-electron chi connectivity index (χ2n) is 8.82. The molecule has 5 unspecified atom stereocenters. The standard InChI is InChI=1S/C22H41N5O7/c1-5-13(4)18(22(33)34)27-20(31)15(9-10-16(28)29)25-19(30)14(8-6-7-11-23)26-21(32)17(24)12(2)3/h12-15,17-18H,5-11,23-24H2,1-4H3,(H,25,30)(H,26,32)(H,27,31)(H,28,29)(H,33,34). The maximum atomic E-state index is 13.0. The maximum absolute atomic E-state index is 13.0. The van der Waals surface area contributed by atoms with E-state index in [-0.39, 0.29) is 18.8 Å². The summed E-state index contributed by atoms with van der Waals surface area (Å²) in [6.45, 7) is 7.34. The van der Waals surface area contributed by atoms with E-state index in [2.05, 4.69) is 16.0 Å². The molecule has 3 amide bonds. The Morgan fingerprint density at radius 2 is 1.35 bits per heavy atom. The molecule has 12 heteroatoms. The van der Waals surface area contributed by atoms with E-state index in [1.807, 2.05) is 0 Å². The second kappa shape index (κ2) is 16.0. The van der Waals surface area contributed by atoms with Crippen molar-refractivity contribution in [3.63, 3.8) is 0 Å². The molecule has 0 aliphatic heterocycles. The Bertz CT molecular complexity index is 701. The number of amides is 3. The van der Waals surface area contributed by atoms with Crippen LogP contribution in [0.2, 0.25) is 0 Å². The first kappa shape index (κ1) is 31.3. The Kier molecular flexibility index (Phi) is 14.7. The van der Waals surface area contributed by atoms with Gasteiger partial charge in [-0.05, 0) is 44.1 Å². The lowest BCUT2D eigenvalue weighted by molar-refractivity contribution is -0.144. The molecule has 0 aliphatic carbocycles. The zero-order valence-electron chi connectivity index (χ0n) is 20.5. The Hall–Kier alpha value is -2.73. The molecule has 0 bridgehead atoms. The highest BCUT2D eigenvalue weighted by atomic mass is 16.4. The van der Waals surface area contributed by atoms with Gasteiger partial charge < -0.3 is 37.6 Å². The van der Waals surface area contributed by atoms with Crippen LogP contribution in [0.1, 0.15) is 66.2 Å². The summed E-state index contributed by atoms with van der Waals surface area (Å²) in [7, 11) is 0. The van der Waals surface area contributed by atoms with Gasteiger partial charge in [0, 0.05) is 6.42 Å². The molecule has 5 atom stereocenters. The fourth-order valence-electron chi connectivity index (χ4n) is 3.08. The monoisotopic (exact) mass is 487 g/mol. The third kappa shape index (κ3) is 11.4. The molecule has 0 rings (SSSR count). The van der Waals surface area contributed by atoms with Crippen molar-refractivity contribution < 1.29 is 34.2 Å². The summed E-state index contributed by atoms with van der Waals surface area (Å²) in [5.41, 5.74) is 11.4. The number of carboxylic acids is 2. The average molecular weight is 488 g/mol. The molecule has 0 saturated heterocycles. The zero-order chi connectivity index (χ0) is 26.4. The highest BCUT2D eigenvalue weighted by Crippen LogP contribution is 2.10. The number of rotatable bonds is 17. The molecule has 9 N–H and O–H groups in total. The fraction of sp³-hybridized carbons (Fsp3) is 0.773. The molecule has 0 spiro atoms. The topological polar surface area (TPSA) is 214 Å². The van der Waals surface area contributed by atoms with Crippen molar-refractivity contribution in [1.29, 1.82) is 0 Å². The minimum atomic E-state index is -1.30. The van der Waals surface area contributed by atoms with Crippen molar-refractivity contribution in [2.45, 2.75) is 90.4 Å². The molecule has 0 aliphatic rings. The van der Waals surface area contributed by atoms with Gasteiger partial charge in [0.25, 0.3) is 0 Å². The van der Waals surface area contributed by atoms with E-state index in [0.717, 1.165) is 0 Å². The number of hydrogen-bond donors (Lipinski definition) is 7. The van der Waals surface area contributed by atoms with Crippen LogP contribution in [0.15, 0.2) is 0 Å². The van der Waals surface area contributed by atoms with Crippen LogP contribution < -0.4 is 27.4 Å². The summed E-state index contributed by atoms with van der Waals surface area (Å²) >= 11 is 0. The van der Waals surface area contributed by atoms with Crippen molar-refractivity contribution in [2.75, 3.05) is 6.54 Å². The number of nitrogens with one attached hydrogen (secondary N) is 3. The lowest BCUT2D eigenvalue weighted by Crippen LogP contribution is -2.58. The van der Waals surface area contributed by atoms with E-state index in [9.17, 15) is 29.1 Å². The van der Waals surface area contributed by atoms with Gasteiger partial charge in [0.2, 0.25) is 17.7 Å². The van der Waals surface area contributed by atoms with Crippen molar-refractivity contribution >= 4 is 29.7 Å². The number of hydrogen-bond acceptors (Lipinski definition) is 7. The van der Waals surface area contributed by atoms with Crippen LogP contribution in [0.4, 0.5) is 0 Å². The van der Waals surface area contributed by atoms with E-state index < -0.39 is 66.2 Å². The summed E-state index contributed by atoms with van der Waals surface area (Å²) in [6, 6.07) is -4.37. The molecular weight excluding hydrogens is 446 g/mol. The second-order valence-corrected chi connectivity index (χ2v) is 8.82. The van der Waals surface area contributed by atoms with Crippen LogP contribution in [0, 0.1) is 11.8 Å². The summed E-state index contributed by atoms with van der Waals surface area (Å²) in [5, 5.41) is 25.9. The van der Waals surface area contributed by atoms with Crippen LogP contribution in [0.25, 0.3) is 0 Å². The maximum Gasteiger partial charge on any atom is 0.326 e. The van der Waals surface area contributed by atoms with Gasteiger partial charge in [-0.25, -0.2) is 4.79 Å². The van der Waals surface area contributed by atoms with Crippen LogP contribution in [-0.4, -0.2) is 70.6 Å². The van der Waals surface area contributed by atoms with E-state index in [1.165, 1.54) is 0 Å². The summed E-state index contributed by atoms with van der Waals surface area (Å²) in [4.78, 5) is 60.9. The van der Waals surface area contributed by atoms with Crippen molar-refractivity contribution in [3.8, 4) is 0 Å². The van der Waals surface area contributed by atoms with Gasteiger partial charge in [0.15, 0.2) is 0 Å². The van der Waals surface area contributed by atoms with Gasteiger partial charge in [-0.1, -0.05) is 34.1 Å². The largest absolute Gasteiger partial charge is 0.481 e. The quantitative estimate of drug-likeness (QED) is 0.132. The van der Waals surface area contributed by atoms with Gasteiger partial charge >= 0.3 is 11.9 Å². The van der Waals surface area contributed by atoms with E-state index in [0.29, 0.717) is 25.8 Å². The lowest BCUT2D eigenvalue weighted by atomic mass is 9.98. The van der Waals surface area contributed by atoms with Gasteiger partial charge in [-0.2, -0.15) is 0 Å². The molecular formula is C22H41N5O7. The third-order valence-corrected chi connectivity index (χ3v) is 5.66. The first-order chi connectivity index (χ1) is 15.8. The molecule has 0 aromatic rings. The van der Waals surface area contributed by atoms with Crippen molar-refractivity contribution in [3.05, 3.63) is 0 Å². The molecule has 12 nitrogen and oxygen atoms in total. The van der Waals surface area contributed by atoms with E-state index in [4.69, 9.17) is 16.6 Å². The highest BCUT2D eigenvalue weighted by molar-refractivity contribution is 5.94. The van der Waals surface area contributed by atoms with Gasteiger partial charge in [-0.3, -0.25) is 19.2 Å². The number of carbonyl (C=O) groups excluding carboxylic acids is 3. The van der Waals surface area contributed by atoms with E-state index in [1.54, 1.807) is 27.7 Å². The van der Waals surface area contributed by atoms with Crippen molar-refractivity contribution in [2.24, 2.45) is 23.3 Å². The van der Waals surface area contributed by atoms with E-state index >= 15 is 0 Å². The molecule has 0 radical (unpaired) electrons. The molecule has 0 aromatic carbocycles. The fourth-order valence-corrected chi connectivity index (χ4v) is 3.08. The minimum Gasteiger partial charge on any atom is -0.481 e. The van der Waals surface area contributed by atoms with Crippen LogP contribution in [-0.2, 0) is 24.0 Å². The Morgan fingerprint density at radius 3 is 1.82 bits per heavy atom. The van der Waals surface area contributed by atoms with Gasteiger partial charge in [-0.15, -0.1) is 0 Å². The summed E-state index contributed by atoms with van der Waals surface area (Å²) in [6.07, 6.45) is 1.16. The molecule has 0 fully saturated rings. The third-order valence-electron chi connectivity index (χ3n) is 5.66. The number of carboxylic acid groups (broad SMARTS) is 2. The smallest absolute Gasteiger partial charge is 0.326 e. The van der Waals surface area contributed by atoms with Crippen LogP contribution >= 0.6 is 0 Å². The summed E-state index contributed by atoms with van der Waals surface area (Å²) in [5.74, 6) is -5.01. The molecule has 196 valence electrons. The first-order valence-electron chi connectivity index (χ1n) is 11.7. The Labute approximate surface area is 200 Å². The molecule has 0 saturated carbocycles. The normalized spacial score (nSPS) is 15.5. The number of carbonyl (C=O) groups is 5. The van der Waals surface area contributed by atoms with Gasteiger partial charge in [0.1, 0.15) is 18.1 Å². The molecule has 34 heavy (non-hydrogen) atoms. The molecule has 0 aromatic heterocycles. The van der Waals surface area contributed by atoms with Gasteiger partial charge in [0.05, 0.1) is 6.04 Å². The average Bonchev–Trinajstić information content (AvgIpc) is 2.77. The Morgan fingerprint density at radius 1 is 0.824 bits per heavy atom. The van der Waals surface area contributed by atoms with Crippen molar-refractivity contribution in [1.82, 2.24) is 16.0 Å². The lowest BCUT2D eigenvalue weighted by Gasteiger charge is -2.26. The molecule has 0 heterocycles. The highest BCUT2D eigenvalue weighted by Gasteiger charge is 2.32. The number of unbranched alkanes of at least 4 members (excludes halogenated alkanes) is 1. The summed E-state index contributed by atoms with van der Waals surface area (Å²) < 4.78 is 0. The number of nitrogens with two attached hydrogens (primary N) is 2. The SMILES string of the molecule is CCC(C)C(NC(=O)C(CCC(=O)O)NC(=O)C(CCCCN)NC(=O)C(N)C(C)C)C(=O)O. The zero-order valence-corrected chi connectivity index (χ0v) is 20.5. The first-order valence-corrected chi connectivity index (χ1v) is 11.7. The Balaban J connectivity index is 5.62.